The number of para-hydroxylation sites is 1. The lowest BCUT2D eigenvalue weighted by Gasteiger charge is -2.26. The van der Waals surface area contributed by atoms with E-state index in [1.54, 1.807) is 12.1 Å². The van der Waals surface area contributed by atoms with Gasteiger partial charge < -0.3 is 14.7 Å². The molecule has 0 saturated carbocycles. The maximum absolute atomic E-state index is 13.7. The van der Waals surface area contributed by atoms with Crippen molar-refractivity contribution in [1.82, 2.24) is 9.55 Å². The topological polar surface area (TPSA) is 75.1 Å². The average molecular weight is 477 g/mol. The molecule has 0 atom stereocenters. The molecule has 0 saturated heterocycles. The number of H-pyrrole nitrogens is 1. The third-order valence-corrected chi connectivity index (χ3v) is 6.64. The van der Waals surface area contributed by atoms with Gasteiger partial charge in [0.15, 0.2) is 5.78 Å². The van der Waals surface area contributed by atoms with Gasteiger partial charge in [0.05, 0.1) is 5.69 Å². The van der Waals surface area contributed by atoms with Crippen LogP contribution in [0.5, 0.6) is 0 Å². The minimum absolute atomic E-state index is 0.236. The first-order chi connectivity index (χ1) is 17.4. The largest absolute Gasteiger partial charge is 0.376 e. The van der Waals surface area contributed by atoms with Gasteiger partial charge in [-0.25, -0.2) is 4.39 Å². The summed E-state index contributed by atoms with van der Waals surface area (Å²) in [6.45, 7) is 0.361. The summed E-state index contributed by atoms with van der Waals surface area (Å²) in [5.41, 5.74) is 1.86. The van der Waals surface area contributed by atoms with Gasteiger partial charge in [0.1, 0.15) is 16.9 Å². The summed E-state index contributed by atoms with van der Waals surface area (Å²) in [6, 6.07) is 23.5. The fourth-order valence-corrected chi connectivity index (χ4v) is 4.98. The number of benzene rings is 3. The maximum atomic E-state index is 13.7. The van der Waals surface area contributed by atoms with Gasteiger partial charge in [-0.05, 0) is 53.6 Å². The van der Waals surface area contributed by atoms with Crippen LogP contribution in [0, 0.1) is 5.82 Å². The van der Waals surface area contributed by atoms with E-state index in [0.717, 1.165) is 22.0 Å². The summed E-state index contributed by atoms with van der Waals surface area (Å²) in [7, 11) is 0. The molecule has 2 heterocycles. The van der Waals surface area contributed by atoms with Crippen LogP contribution in [0.4, 0.5) is 4.39 Å². The van der Waals surface area contributed by atoms with Gasteiger partial charge >= 0.3 is 0 Å². The molecular formula is C30H21FN2O3. The number of rotatable bonds is 4. The Morgan fingerprint density at radius 2 is 1.53 bits per heavy atom. The van der Waals surface area contributed by atoms with Gasteiger partial charge in [0.25, 0.3) is 5.56 Å². The van der Waals surface area contributed by atoms with Crippen LogP contribution in [-0.2, 0) is 16.9 Å². The summed E-state index contributed by atoms with van der Waals surface area (Å²) < 4.78 is 15.5. The molecule has 36 heavy (non-hydrogen) atoms. The summed E-state index contributed by atoms with van der Waals surface area (Å²) in [4.78, 5) is 28.4. The molecule has 0 fully saturated rings. The second-order valence-corrected chi connectivity index (χ2v) is 8.92. The van der Waals surface area contributed by atoms with Crippen LogP contribution in [-0.4, -0.2) is 20.4 Å². The molecule has 2 aromatic heterocycles. The number of hydrogen-bond acceptors (Lipinski definition) is 3. The Balaban J connectivity index is 1.74. The van der Waals surface area contributed by atoms with E-state index in [9.17, 15) is 19.1 Å². The summed E-state index contributed by atoms with van der Waals surface area (Å²) in [5.74, 6) is -0.560. The van der Waals surface area contributed by atoms with Crippen molar-refractivity contribution in [1.29, 1.82) is 0 Å². The number of ketones is 1. The van der Waals surface area contributed by atoms with E-state index in [-0.39, 0.29) is 22.9 Å². The predicted molar refractivity (Wildman–Crippen MR) is 138 cm³/mol. The number of aromatic amines is 1. The standard InChI is InChI=1S/C30H21FN2O3/c31-21-12-10-19(11-13-21)18-33-24-9-5-4-8-23(24)26-25(20-6-2-1-3-7-20)28(32-29(35)27(26)33)30(36)16-14-22(34)15-17-30/h1-17,36H,18H2,(H,32,35). The molecule has 0 amide bonds. The first-order valence-corrected chi connectivity index (χ1v) is 11.6. The van der Waals surface area contributed by atoms with Gasteiger partial charge in [0.2, 0.25) is 0 Å². The first kappa shape index (κ1) is 21.9. The van der Waals surface area contributed by atoms with Crippen molar-refractivity contribution in [3.63, 3.8) is 0 Å². The van der Waals surface area contributed by atoms with Crippen molar-refractivity contribution >= 4 is 27.6 Å². The number of nitrogens with one attached hydrogen (secondary N) is 1. The molecule has 6 rings (SSSR count). The molecular weight excluding hydrogens is 455 g/mol. The molecule has 0 unspecified atom stereocenters. The van der Waals surface area contributed by atoms with Crippen molar-refractivity contribution in [2.45, 2.75) is 12.1 Å². The lowest BCUT2D eigenvalue weighted by atomic mass is 9.86. The van der Waals surface area contributed by atoms with Gasteiger partial charge in [-0.1, -0.05) is 60.7 Å². The highest BCUT2D eigenvalue weighted by Crippen LogP contribution is 2.41. The Morgan fingerprint density at radius 1 is 0.861 bits per heavy atom. The molecule has 0 aliphatic heterocycles. The lowest BCUT2D eigenvalue weighted by Crippen LogP contribution is -2.29. The van der Waals surface area contributed by atoms with E-state index in [2.05, 4.69) is 4.98 Å². The van der Waals surface area contributed by atoms with Crippen molar-refractivity contribution in [2.24, 2.45) is 0 Å². The van der Waals surface area contributed by atoms with Crippen molar-refractivity contribution < 1.29 is 14.3 Å². The van der Waals surface area contributed by atoms with E-state index in [4.69, 9.17) is 0 Å². The third kappa shape index (κ3) is 3.51. The number of halogens is 1. The van der Waals surface area contributed by atoms with E-state index < -0.39 is 5.60 Å². The Bertz CT molecular complexity index is 1740. The molecule has 3 aromatic carbocycles. The second-order valence-electron chi connectivity index (χ2n) is 8.92. The number of carbonyl (C=O) groups excluding carboxylic acids is 1. The van der Waals surface area contributed by atoms with Crippen LogP contribution < -0.4 is 5.56 Å². The molecule has 0 spiro atoms. The average Bonchev–Trinajstić information content (AvgIpc) is 3.22. The number of aliphatic hydroxyl groups is 1. The number of allylic oxidation sites excluding steroid dienone is 2. The van der Waals surface area contributed by atoms with E-state index in [0.29, 0.717) is 23.0 Å². The molecule has 0 radical (unpaired) electrons. The molecule has 6 heteroatoms. The molecule has 5 aromatic rings. The zero-order valence-corrected chi connectivity index (χ0v) is 19.1. The minimum Gasteiger partial charge on any atom is -0.376 e. The zero-order chi connectivity index (χ0) is 24.9. The van der Waals surface area contributed by atoms with Crippen LogP contribution in [0.2, 0.25) is 0 Å². The van der Waals surface area contributed by atoms with E-state index in [1.807, 2.05) is 59.2 Å². The minimum atomic E-state index is -1.67. The van der Waals surface area contributed by atoms with Crippen LogP contribution in [0.25, 0.3) is 32.9 Å². The summed E-state index contributed by atoms with van der Waals surface area (Å²) in [5, 5.41) is 13.1. The van der Waals surface area contributed by atoms with Crippen LogP contribution in [0.1, 0.15) is 11.3 Å². The molecule has 2 N–H and O–H groups in total. The number of carbonyl (C=O) groups is 1. The van der Waals surface area contributed by atoms with Gasteiger partial charge in [-0.3, -0.25) is 9.59 Å². The van der Waals surface area contributed by atoms with Crippen molar-refractivity contribution in [3.8, 4) is 11.1 Å². The quantitative estimate of drug-likeness (QED) is 0.374. The number of nitrogens with zero attached hydrogens (tertiary/aromatic N) is 1. The Kier molecular flexibility index (Phi) is 5.05. The highest BCUT2D eigenvalue weighted by atomic mass is 19.1. The molecule has 1 aliphatic rings. The summed E-state index contributed by atoms with van der Waals surface area (Å²) in [6.07, 6.45) is 5.40. The lowest BCUT2D eigenvalue weighted by molar-refractivity contribution is -0.110. The SMILES string of the molecule is O=C1C=CC(O)(c2[nH]c(=O)c3c(c2-c2ccccc2)c2ccccc2n3Cc2ccc(F)cc2)C=C1. The molecule has 0 bridgehead atoms. The second kappa shape index (κ2) is 8.29. The predicted octanol–water partition coefficient (Wildman–Crippen LogP) is 5.22. The van der Waals surface area contributed by atoms with Crippen molar-refractivity contribution in [2.75, 3.05) is 0 Å². The summed E-state index contributed by atoms with van der Waals surface area (Å²) >= 11 is 0. The fraction of sp³-hybridized carbons (Fsp3) is 0.0667. The van der Waals surface area contributed by atoms with E-state index >= 15 is 0 Å². The normalized spacial score (nSPS) is 14.7. The monoisotopic (exact) mass is 476 g/mol. The zero-order valence-electron chi connectivity index (χ0n) is 19.1. The number of aromatic nitrogens is 2. The third-order valence-electron chi connectivity index (χ3n) is 6.64. The Labute approximate surface area is 205 Å². The van der Waals surface area contributed by atoms with Gasteiger partial charge in [-0.2, -0.15) is 0 Å². The molecule has 1 aliphatic carbocycles. The first-order valence-electron chi connectivity index (χ1n) is 11.6. The van der Waals surface area contributed by atoms with Crippen LogP contribution in [0.15, 0.2) is 108 Å². The molecule has 176 valence electrons. The Hall–Kier alpha value is -4.55. The maximum Gasteiger partial charge on any atom is 0.272 e. The number of pyridine rings is 1. The number of fused-ring (bicyclic) bond motifs is 3. The smallest absolute Gasteiger partial charge is 0.272 e. The van der Waals surface area contributed by atoms with Gasteiger partial charge in [-0.15, -0.1) is 0 Å². The Morgan fingerprint density at radius 3 is 2.25 bits per heavy atom. The van der Waals surface area contributed by atoms with E-state index in [1.165, 1.54) is 36.4 Å². The number of hydrogen-bond donors (Lipinski definition) is 2. The van der Waals surface area contributed by atoms with Gasteiger partial charge in [0, 0.05) is 28.4 Å². The van der Waals surface area contributed by atoms with Crippen molar-refractivity contribution in [3.05, 3.63) is 131 Å². The molecule has 5 nitrogen and oxygen atoms in total. The van der Waals surface area contributed by atoms with Crippen LogP contribution in [0.3, 0.4) is 0 Å². The highest BCUT2D eigenvalue weighted by molar-refractivity contribution is 6.15. The highest BCUT2D eigenvalue weighted by Gasteiger charge is 2.33. The fourth-order valence-electron chi connectivity index (χ4n) is 4.98. The van der Waals surface area contributed by atoms with Crippen LogP contribution >= 0.6 is 0 Å².